The molecule has 1 heterocycles. The molecule has 3 rings (SSSR count). The zero-order valence-corrected chi connectivity index (χ0v) is 15.1. The van der Waals surface area contributed by atoms with Gasteiger partial charge in [-0.05, 0) is 31.0 Å². The molecule has 132 valence electrons. The summed E-state index contributed by atoms with van der Waals surface area (Å²) < 4.78 is 5.81. The van der Waals surface area contributed by atoms with Crippen LogP contribution in [0.25, 0.3) is 0 Å². The van der Waals surface area contributed by atoms with Gasteiger partial charge in [0.1, 0.15) is 12.4 Å². The summed E-state index contributed by atoms with van der Waals surface area (Å²) in [6, 6.07) is 6.00. The van der Waals surface area contributed by atoms with E-state index < -0.39 is 0 Å². The maximum absolute atomic E-state index is 12.5. The minimum Gasteiger partial charge on any atom is -0.489 e. The van der Waals surface area contributed by atoms with E-state index in [0.29, 0.717) is 24.1 Å². The van der Waals surface area contributed by atoms with Crippen molar-refractivity contribution in [3.63, 3.8) is 0 Å². The number of ether oxygens (including phenoxy) is 1. The number of carbonyl (C=O) groups excluding carboxylic acids is 1. The van der Waals surface area contributed by atoms with Gasteiger partial charge < -0.3 is 15.0 Å². The summed E-state index contributed by atoms with van der Waals surface area (Å²) >= 11 is 6.09. The highest BCUT2D eigenvalue weighted by molar-refractivity contribution is 6.31. The number of anilines is 1. The molecule has 0 bridgehead atoms. The second-order valence-corrected chi connectivity index (χ2v) is 7.44. The first-order chi connectivity index (χ1) is 11.6. The molecule has 1 amide bonds. The lowest BCUT2D eigenvalue weighted by Crippen LogP contribution is -2.45. The summed E-state index contributed by atoms with van der Waals surface area (Å²) in [5.74, 6) is 0.963. The first-order valence-corrected chi connectivity index (χ1v) is 9.46. The van der Waals surface area contributed by atoms with E-state index in [9.17, 15) is 4.79 Å². The van der Waals surface area contributed by atoms with Crippen LogP contribution in [0, 0.1) is 0 Å². The Labute approximate surface area is 149 Å². The highest BCUT2D eigenvalue weighted by atomic mass is 35.5. The van der Waals surface area contributed by atoms with Crippen LogP contribution in [0.4, 0.5) is 5.69 Å². The average molecular weight is 351 g/mol. The third-order valence-electron chi connectivity index (χ3n) is 5.17. The average Bonchev–Trinajstić information content (AvgIpc) is 2.53. The van der Waals surface area contributed by atoms with Gasteiger partial charge in [0.25, 0.3) is 0 Å². The van der Waals surface area contributed by atoms with Crippen LogP contribution in [0.2, 0.25) is 5.02 Å². The van der Waals surface area contributed by atoms with Crippen molar-refractivity contribution in [1.29, 1.82) is 0 Å². The largest absolute Gasteiger partial charge is 0.489 e. The van der Waals surface area contributed by atoms with E-state index in [1.807, 2.05) is 25.2 Å². The van der Waals surface area contributed by atoms with E-state index in [4.69, 9.17) is 16.3 Å². The first kappa shape index (κ1) is 17.4. The molecule has 1 aliphatic carbocycles. The maximum Gasteiger partial charge on any atom is 0.222 e. The van der Waals surface area contributed by atoms with Gasteiger partial charge in [-0.3, -0.25) is 4.79 Å². The van der Waals surface area contributed by atoms with E-state index in [0.717, 1.165) is 24.3 Å². The highest BCUT2D eigenvalue weighted by Gasteiger charge is 2.27. The topological polar surface area (TPSA) is 41.6 Å². The molecular formula is C19H27ClN2O2. The first-order valence-electron chi connectivity index (χ1n) is 9.08. The Morgan fingerprint density at radius 2 is 1.96 bits per heavy atom. The molecule has 4 nitrogen and oxygen atoms in total. The molecule has 1 aliphatic heterocycles. The number of nitrogens with one attached hydrogen (secondary N) is 1. The number of hydrogen-bond acceptors (Lipinski definition) is 3. The number of halogens is 1. The summed E-state index contributed by atoms with van der Waals surface area (Å²) in [5.41, 5.74) is 0.956. The molecular weight excluding hydrogens is 324 g/mol. The van der Waals surface area contributed by atoms with E-state index in [2.05, 4.69) is 10.2 Å². The molecule has 1 aromatic rings. The molecule has 1 atom stereocenters. The fraction of sp³-hybridized carbons (Fsp3) is 0.632. The molecule has 5 heteroatoms. The molecule has 0 aromatic heterocycles. The van der Waals surface area contributed by atoms with Gasteiger partial charge in [0.2, 0.25) is 5.91 Å². The predicted molar refractivity (Wildman–Crippen MR) is 98.0 cm³/mol. The fourth-order valence-corrected chi connectivity index (χ4v) is 3.85. The van der Waals surface area contributed by atoms with Crippen molar-refractivity contribution < 1.29 is 9.53 Å². The predicted octanol–water partition coefficient (Wildman–Crippen LogP) is 4.16. The van der Waals surface area contributed by atoms with Crippen molar-refractivity contribution >= 4 is 23.2 Å². The molecule has 1 fully saturated rings. The Morgan fingerprint density at radius 3 is 2.71 bits per heavy atom. The summed E-state index contributed by atoms with van der Waals surface area (Å²) in [5, 5.41) is 3.93. The van der Waals surface area contributed by atoms with E-state index in [1.54, 1.807) is 0 Å². The van der Waals surface area contributed by atoms with Crippen LogP contribution in [0.5, 0.6) is 5.75 Å². The lowest BCUT2D eigenvalue weighted by atomic mass is 9.96. The van der Waals surface area contributed by atoms with Gasteiger partial charge in [-0.15, -0.1) is 0 Å². The van der Waals surface area contributed by atoms with Crippen molar-refractivity contribution in [3.05, 3.63) is 23.2 Å². The molecule has 24 heavy (non-hydrogen) atoms. The number of rotatable bonds is 3. The van der Waals surface area contributed by atoms with Crippen molar-refractivity contribution in [3.8, 4) is 5.75 Å². The van der Waals surface area contributed by atoms with Crippen molar-refractivity contribution in [2.75, 3.05) is 18.6 Å². The Bertz CT molecular complexity index is 570. The third-order valence-corrected chi connectivity index (χ3v) is 5.41. The Kier molecular flexibility index (Phi) is 5.88. The number of benzene rings is 1. The molecule has 1 unspecified atom stereocenters. The molecule has 0 spiro atoms. The Morgan fingerprint density at radius 1 is 1.25 bits per heavy atom. The maximum atomic E-state index is 12.5. The van der Waals surface area contributed by atoms with Crippen molar-refractivity contribution in [2.45, 2.75) is 63.5 Å². The summed E-state index contributed by atoms with van der Waals surface area (Å²) in [6.07, 6.45) is 9.06. The van der Waals surface area contributed by atoms with Gasteiger partial charge in [0, 0.05) is 18.1 Å². The van der Waals surface area contributed by atoms with Gasteiger partial charge in [-0.1, -0.05) is 43.7 Å². The highest BCUT2D eigenvalue weighted by Crippen LogP contribution is 2.35. The third kappa shape index (κ3) is 4.35. The quantitative estimate of drug-likeness (QED) is 0.890. The SMILES string of the molecule is CN1c2cc(Cl)ccc2OCC1CC(=O)NC1CCCCCCC1. The van der Waals surface area contributed by atoms with E-state index in [1.165, 1.54) is 32.1 Å². The standard InChI is InChI=1S/C19H27ClN2O2/c1-22-16(13-24-18-10-9-14(20)11-17(18)22)12-19(23)21-15-7-5-3-2-4-6-8-15/h9-11,15-16H,2-8,12-13H2,1H3,(H,21,23). The molecule has 1 N–H and O–H groups in total. The number of fused-ring (bicyclic) bond motifs is 1. The van der Waals surface area contributed by atoms with Crippen LogP contribution in [-0.4, -0.2) is 31.6 Å². The van der Waals surface area contributed by atoms with Crippen LogP contribution in [0.1, 0.15) is 51.4 Å². The molecule has 1 saturated carbocycles. The number of hydrogen-bond donors (Lipinski definition) is 1. The van der Waals surface area contributed by atoms with Crippen LogP contribution in [0.3, 0.4) is 0 Å². The summed E-state index contributed by atoms with van der Waals surface area (Å²) in [7, 11) is 2.01. The van der Waals surface area contributed by atoms with E-state index >= 15 is 0 Å². The second kappa shape index (κ2) is 8.11. The van der Waals surface area contributed by atoms with Gasteiger partial charge in [0.15, 0.2) is 0 Å². The minimum atomic E-state index is 0.0459. The molecule has 0 radical (unpaired) electrons. The molecule has 2 aliphatic rings. The fourth-order valence-electron chi connectivity index (χ4n) is 3.68. The number of amides is 1. The number of nitrogens with zero attached hydrogens (tertiary/aromatic N) is 1. The second-order valence-electron chi connectivity index (χ2n) is 7.00. The normalized spacial score (nSPS) is 22.1. The van der Waals surface area contributed by atoms with Crippen molar-refractivity contribution in [1.82, 2.24) is 5.32 Å². The molecule has 0 saturated heterocycles. The zero-order chi connectivity index (χ0) is 16.9. The van der Waals surface area contributed by atoms with Gasteiger partial charge in [-0.2, -0.15) is 0 Å². The van der Waals surface area contributed by atoms with E-state index in [-0.39, 0.29) is 11.9 Å². The van der Waals surface area contributed by atoms with Crippen LogP contribution >= 0.6 is 11.6 Å². The van der Waals surface area contributed by atoms with Gasteiger partial charge in [0.05, 0.1) is 18.2 Å². The van der Waals surface area contributed by atoms with Gasteiger partial charge >= 0.3 is 0 Å². The molecule has 1 aromatic carbocycles. The van der Waals surface area contributed by atoms with Crippen LogP contribution in [0.15, 0.2) is 18.2 Å². The lowest BCUT2D eigenvalue weighted by molar-refractivity contribution is -0.122. The van der Waals surface area contributed by atoms with Gasteiger partial charge in [-0.25, -0.2) is 0 Å². The summed E-state index contributed by atoms with van der Waals surface area (Å²) in [4.78, 5) is 14.6. The summed E-state index contributed by atoms with van der Waals surface area (Å²) in [6.45, 7) is 0.531. The van der Waals surface area contributed by atoms with Crippen LogP contribution in [-0.2, 0) is 4.79 Å². The number of likely N-dealkylation sites (N-methyl/N-ethyl adjacent to an activating group) is 1. The van der Waals surface area contributed by atoms with Crippen molar-refractivity contribution in [2.24, 2.45) is 0 Å². The Balaban J connectivity index is 1.56. The Hall–Kier alpha value is -1.42. The minimum absolute atomic E-state index is 0.0459. The zero-order valence-electron chi connectivity index (χ0n) is 14.4. The number of carbonyl (C=O) groups is 1. The monoisotopic (exact) mass is 350 g/mol. The lowest BCUT2D eigenvalue weighted by Gasteiger charge is -2.36. The van der Waals surface area contributed by atoms with Crippen LogP contribution < -0.4 is 15.0 Å². The smallest absolute Gasteiger partial charge is 0.222 e.